The Morgan fingerprint density at radius 3 is 2.44 bits per heavy atom. The number of hydrogen-bond acceptors (Lipinski definition) is 9. The maximum absolute atomic E-state index is 15.2. The van der Waals surface area contributed by atoms with Gasteiger partial charge in [-0.05, 0) is 154 Å². The van der Waals surface area contributed by atoms with Crippen molar-refractivity contribution in [1.82, 2.24) is 10.2 Å². The van der Waals surface area contributed by atoms with Crippen LogP contribution in [0.5, 0.6) is 0 Å². The lowest BCUT2D eigenvalue weighted by Crippen LogP contribution is -2.72. The number of aliphatic hydroxyl groups excluding tert-OH is 2. The number of aryl methyl sites for hydroxylation is 1. The van der Waals surface area contributed by atoms with E-state index >= 15 is 4.79 Å². The number of Topliss-reactive ketones (excluding diaryl/α,β-unsaturated/α-hetero) is 2. The fourth-order valence-corrected chi connectivity index (χ4v) is 16.5. The molecule has 2 saturated heterocycles. The summed E-state index contributed by atoms with van der Waals surface area (Å²) in [7, 11) is 1.97. The van der Waals surface area contributed by atoms with Crippen molar-refractivity contribution in [1.29, 1.82) is 0 Å². The van der Waals surface area contributed by atoms with Gasteiger partial charge in [-0.3, -0.25) is 14.6 Å². The van der Waals surface area contributed by atoms with Crippen molar-refractivity contribution in [3.05, 3.63) is 70.1 Å². The van der Waals surface area contributed by atoms with E-state index in [2.05, 4.69) is 82.2 Å². The molecule has 63 heavy (non-hydrogen) atoms. The first-order valence-electron chi connectivity index (χ1n) is 24.6. The minimum absolute atomic E-state index is 0.0433. The predicted molar refractivity (Wildman–Crippen MR) is 246 cm³/mol. The number of carbonyl (C=O) groups excluding carboxylic acids is 2. The first-order valence-corrected chi connectivity index (χ1v) is 24.6. The number of carbonyl (C=O) groups is 2. The van der Waals surface area contributed by atoms with Crippen LogP contribution in [0.25, 0.3) is 0 Å². The second-order valence-electron chi connectivity index (χ2n) is 23.9. The quantitative estimate of drug-likeness (QED) is 0.190. The van der Waals surface area contributed by atoms with Gasteiger partial charge in [0, 0.05) is 73.2 Å². The molecular formula is C54H75N3O6. The topological polar surface area (TPSA) is 124 Å². The Balaban J connectivity index is 1.09. The van der Waals surface area contributed by atoms with E-state index in [4.69, 9.17) is 14.5 Å². The molecule has 3 N–H and O–H groups in total. The van der Waals surface area contributed by atoms with E-state index in [0.717, 1.165) is 76.0 Å². The van der Waals surface area contributed by atoms with Crippen molar-refractivity contribution in [2.75, 3.05) is 33.4 Å². The minimum atomic E-state index is -0.733. The molecule has 0 radical (unpaired) electrons. The zero-order valence-electron chi connectivity index (χ0n) is 39.7. The smallest absolute Gasteiger partial charge is 0.160 e. The van der Waals surface area contributed by atoms with Gasteiger partial charge in [-0.2, -0.15) is 0 Å². The maximum Gasteiger partial charge on any atom is 0.160 e. The Bertz CT molecular complexity index is 2220. The fourth-order valence-electron chi connectivity index (χ4n) is 16.5. The van der Waals surface area contributed by atoms with Crippen LogP contribution in [0.3, 0.4) is 0 Å². The van der Waals surface area contributed by atoms with Gasteiger partial charge in [-0.1, -0.05) is 58.4 Å². The number of aliphatic hydroxyl groups is 2. The van der Waals surface area contributed by atoms with Crippen LogP contribution in [0.1, 0.15) is 142 Å². The third kappa shape index (κ3) is 6.34. The van der Waals surface area contributed by atoms with Crippen molar-refractivity contribution in [2.24, 2.45) is 49.3 Å². The van der Waals surface area contributed by atoms with Crippen molar-refractivity contribution >= 4 is 17.3 Å². The number of rotatable bonds is 11. The summed E-state index contributed by atoms with van der Waals surface area (Å²) in [5.41, 5.74) is 5.03. The number of allylic oxidation sites excluding steroid dienone is 1. The first-order chi connectivity index (χ1) is 29.7. The van der Waals surface area contributed by atoms with E-state index in [0.29, 0.717) is 50.4 Å². The average Bonchev–Trinajstić information content (AvgIpc) is 3.52. The molecule has 5 aliphatic carbocycles. The summed E-state index contributed by atoms with van der Waals surface area (Å²) in [5.74, 6) is 1.10. The van der Waals surface area contributed by atoms with E-state index in [-0.39, 0.29) is 46.2 Å². The van der Waals surface area contributed by atoms with Crippen LogP contribution in [0.2, 0.25) is 0 Å². The number of nitrogens with zero attached hydrogens (tertiary/aromatic N) is 2. The summed E-state index contributed by atoms with van der Waals surface area (Å²) in [6.07, 6.45) is 13.9. The average molecular weight is 862 g/mol. The van der Waals surface area contributed by atoms with Gasteiger partial charge in [0.25, 0.3) is 0 Å². The summed E-state index contributed by atoms with van der Waals surface area (Å²) < 4.78 is 11.7. The monoisotopic (exact) mass is 862 g/mol. The molecule has 3 saturated carbocycles. The molecule has 1 aromatic carbocycles. The van der Waals surface area contributed by atoms with Crippen molar-refractivity contribution in [3.8, 4) is 0 Å². The maximum atomic E-state index is 15.2. The molecule has 0 aromatic heterocycles. The number of aliphatic imine (C=N–C) groups is 1. The molecule has 4 aliphatic heterocycles. The Labute approximate surface area is 376 Å². The largest absolute Gasteiger partial charge is 0.392 e. The third-order valence-electron chi connectivity index (χ3n) is 19.8. The highest BCUT2D eigenvalue weighted by molar-refractivity contribution is 6.09. The summed E-state index contributed by atoms with van der Waals surface area (Å²) in [4.78, 5) is 36.9. The number of ketones is 2. The molecule has 12 atom stereocenters. The molecule has 1 unspecified atom stereocenters. The second-order valence-corrected chi connectivity index (χ2v) is 23.9. The molecule has 9 heteroatoms. The normalized spacial score (nSPS) is 43.0. The highest BCUT2D eigenvalue weighted by Crippen LogP contribution is 2.79. The third-order valence-corrected chi connectivity index (χ3v) is 19.8. The number of ether oxygens (including phenoxy) is 2. The first kappa shape index (κ1) is 43.9. The molecule has 0 spiro atoms. The van der Waals surface area contributed by atoms with E-state index in [1.807, 2.05) is 27.1 Å². The Hall–Kier alpha value is -2.95. The lowest BCUT2D eigenvalue weighted by molar-refractivity contribution is -0.241. The van der Waals surface area contributed by atoms with Gasteiger partial charge in [0.2, 0.25) is 0 Å². The molecule has 9 aliphatic rings. The van der Waals surface area contributed by atoms with Crippen LogP contribution in [-0.4, -0.2) is 95.7 Å². The van der Waals surface area contributed by atoms with Crippen molar-refractivity contribution < 1.29 is 29.3 Å². The van der Waals surface area contributed by atoms with Gasteiger partial charge in [0.1, 0.15) is 11.9 Å². The predicted octanol–water partition coefficient (Wildman–Crippen LogP) is 8.35. The molecular weight excluding hydrogens is 787 g/mol. The minimum Gasteiger partial charge on any atom is -0.392 e. The van der Waals surface area contributed by atoms with Gasteiger partial charge < -0.3 is 29.9 Å². The van der Waals surface area contributed by atoms with Gasteiger partial charge in [0.15, 0.2) is 5.78 Å². The Morgan fingerprint density at radius 2 is 1.73 bits per heavy atom. The SMILES string of the molecule is CNCC[C@]1(C)C(=O)CC[C@@]2(C)[C@H]3[C@H](O)[C@@]4(CN5C=C(Cc6cc(C)cc(C7CCOCC7)c6)C6=NC=CC65)CC[C@@](C)(C[C@@H](O)[C@@H]5OC5(C)C)C5=C4[C@](C)(CC5=O)[C@]3(C)CC[C@@H]21. The van der Waals surface area contributed by atoms with Gasteiger partial charge in [-0.15, -0.1) is 0 Å². The molecule has 4 heterocycles. The summed E-state index contributed by atoms with van der Waals surface area (Å²) in [6.45, 7) is 20.9. The molecule has 1 aromatic rings. The molecule has 342 valence electrons. The van der Waals surface area contributed by atoms with Gasteiger partial charge in [0.05, 0.1) is 29.6 Å². The van der Waals surface area contributed by atoms with Gasteiger partial charge >= 0.3 is 0 Å². The number of hydrogen-bond donors (Lipinski definition) is 3. The molecule has 5 fully saturated rings. The summed E-state index contributed by atoms with van der Waals surface area (Å²) in [5, 5.41) is 29.1. The van der Waals surface area contributed by atoms with Crippen molar-refractivity contribution in [2.45, 2.75) is 168 Å². The highest BCUT2D eigenvalue weighted by Gasteiger charge is 2.77. The van der Waals surface area contributed by atoms with Crippen LogP contribution >= 0.6 is 0 Å². The summed E-state index contributed by atoms with van der Waals surface area (Å²) in [6, 6.07) is 7.04. The Kier molecular flexibility index (Phi) is 10.3. The van der Waals surface area contributed by atoms with Crippen LogP contribution in [-0.2, 0) is 25.5 Å². The number of epoxide rings is 1. The van der Waals surface area contributed by atoms with Crippen LogP contribution < -0.4 is 5.32 Å². The Morgan fingerprint density at radius 1 is 0.984 bits per heavy atom. The number of nitrogens with one attached hydrogen (secondary N) is 1. The van der Waals surface area contributed by atoms with E-state index in [1.54, 1.807) is 0 Å². The molecule has 0 bridgehead atoms. The van der Waals surface area contributed by atoms with Crippen molar-refractivity contribution in [3.63, 3.8) is 0 Å². The van der Waals surface area contributed by atoms with Crippen LogP contribution in [0, 0.1) is 51.2 Å². The number of fused-ring (bicyclic) bond motifs is 5. The molecule has 10 rings (SSSR count). The standard InChI is InChI=1S/C54H75N3O6/c1-32-24-33(26-35(25-32)34-13-22-62-23-14-34)27-36-30-57(37-12-20-56-43(36)37)31-54-18-17-49(4,28-39(59)47-48(2,3)63-47)42-38(58)29-53(8,44(42)54)52(7)16-10-40-50(5,19-21-55-9)41(60)11-15-51(40,6)45(52)46(54)61/h12,20,24-26,30,34,37,39-40,45-47,55,59,61H,10-11,13-19,21-23,27-29,31H2,1-9H3/t37?,39-,40-,45-,46+,47+,49+,50+,51-,52-,53+,54-/m1/s1. The molecule has 9 nitrogen and oxygen atoms in total. The molecule has 0 amide bonds. The zero-order valence-corrected chi connectivity index (χ0v) is 39.7. The number of benzene rings is 1. The van der Waals surface area contributed by atoms with Crippen LogP contribution in [0.4, 0.5) is 0 Å². The fraction of sp³-hybridized carbons (Fsp3) is 0.722. The zero-order chi connectivity index (χ0) is 44.7. The van der Waals surface area contributed by atoms with Gasteiger partial charge in [-0.25, -0.2) is 0 Å². The lowest BCUT2D eigenvalue weighted by atomic mass is 9.31. The van der Waals surface area contributed by atoms with E-state index in [1.165, 1.54) is 27.8 Å². The summed E-state index contributed by atoms with van der Waals surface area (Å²) >= 11 is 0. The van der Waals surface area contributed by atoms with Crippen LogP contribution in [0.15, 0.2) is 58.4 Å². The van der Waals surface area contributed by atoms with E-state index < -0.39 is 33.9 Å². The van der Waals surface area contributed by atoms with E-state index in [9.17, 15) is 15.0 Å². The lowest BCUT2D eigenvalue weighted by Gasteiger charge is -2.73. The highest BCUT2D eigenvalue weighted by atomic mass is 16.6. The second kappa shape index (κ2) is 14.8.